The smallest absolute Gasteiger partial charge is 0.191 e. The van der Waals surface area contributed by atoms with Crippen LogP contribution in [0.2, 0.25) is 5.02 Å². The molecule has 2 aromatic rings. The van der Waals surface area contributed by atoms with Gasteiger partial charge in [0.05, 0.1) is 13.2 Å². The average molecular weight is 488 g/mol. The fraction of sp³-hybridized carbons (Fsp3) is 0.316. The van der Waals surface area contributed by atoms with Crippen molar-refractivity contribution in [3.8, 4) is 11.5 Å². The van der Waals surface area contributed by atoms with Gasteiger partial charge in [0.15, 0.2) is 17.5 Å². The van der Waals surface area contributed by atoms with Crippen molar-refractivity contribution >= 4 is 41.5 Å². The Labute approximate surface area is 176 Å². The molecule has 0 aliphatic carbocycles. The van der Waals surface area contributed by atoms with Crippen molar-refractivity contribution < 1.29 is 9.47 Å². The van der Waals surface area contributed by atoms with Crippen LogP contribution >= 0.6 is 35.6 Å². The first-order chi connectivity index (χ1) is 12.2. The summed E-state index contributed by atoms with van der Waals surface area (Å²) in [5, 5.41) is 7.31. The third-order valence-corrected chi connectivity index (χ3v) is 4.08. The van der Waals surface area contributed by atoms with Gasteiger partial charge in [0.1, 0.15) is 0 Å². The lowest BCUT2D eigenvalue weighted by Gasteiger charge is -2.13. The van der Waals surface area contributed by atoms with Gasteiger partial charge in [0, 0.05) is 31.6 Å². The highest BCUT2D eigenvalue weighted by atomic mass is 127. The molecule has 0 fully saturated rings. The number of hydrogen-bond acceptors (Lipinski definition) is 3. The van der Waals surface area contributed by atoms with Crippen LogP contribution in [-0.4, -0.2) is 26.2 Å². The normalized spacial score (nSPS) is 13.4. The van der Waals surface area contributed by atoms with E-state index < -0.39 is 0 Å². The Kier molecular flexibility index (Phi) is 8.31. The van der Waals surface area contributed by atoms with Gasteiger partial charge in [-0.25, -0.2) is 0 Å². The second-order valence-corrected chi connectivity index (χ2v) is 6.18. The van der Waals surface area contributed by atoms with E-state index in [1.54, 1.807) is 7.05 Å². The number of benzene rings is 2. The van der Waals surface area contributed by atoms with E-state index in [4.69, 9.17) is 21.1 Å². The number of aliphatic imine (C=N–C) groups is 1. The quantitative estimate of drug-likeness (QED) is 0.389. The molecule has 7 heteroatoms. The fourth-order valence-corrected chi connectivity index (χ4v) is 2.77. The Bertz CT molecular complexity index is 755. The van der Waals surface area contributed by atoms with E-state index in [-0.39, 0.29) is 24.0 Å². The molecule has 1 aliphatic rings. The molecule has 0 radical (unpaired) electrons. The summed E-state index contributed by atoms with van der Waals surface area (Å²) in [6.45, 7) is 2.69. The highest BCUT2D eigenvalue weighted by molar-refractivity contribution is 14.0. The minimum atomic E-state index is 0. The van der Waals surface area contributed by atoms with Crippen LogP contribution < -0.4 is 20.1 Å². The number of hydrogen-bond donors (Lipinski definition) is 2. The van der Waals surface area contributed by atoms with Gasteiger partial charge in [0.2, 0.25) is 0 Å². The number of nitrogens with one attached hydrogen (secondary N) is 2. The molecule has 0 saturated heterocycles. The molecule has 5 nitrogen and oxygen atoms in total. The molecule has 0 saturated carbocycles. The monoisotopic (exact) mass is 487 g/mol. The Hall–Kier alpha value is -1.67. The molecule has 140 valence electrons. The lowest BCUT2D eigenvalue weighted by molar-refractivity contribution is 0.297. The number of ether oxygens (including phenoxy) is 2. The van der Waals surface area contributed by atoms with Crippen molar-refractivity contribution in [3.63, 3.8) is 0 Å². The van der Waals surface area contributed by atoms with Crippen LogP contribution in [0.4, 0.5) is 0 Å². The van der Waals surface area contributed by atoms with Gasteiger partial charge < -0.3 is 20.1 Å². The van der Waals surface area contributed by atoms with Gasteiger partial charge in [-0.1, -0.05) is 29.8 Å². The summed E-state index contributed by atoms with van der Waals surface area (Å²) in [6, 6.07) is 13.8. The fourth-order valence-electron chi connectivity index (χ4n) is 2.56. The minimum absolute atomic E-state index is 0. The van der Waals surface area contributed by atoms with Crippen LogP contribution in [0.3, 0.4) is 0 Å². The molecule has 3 rings (SSSR count). The van der Waals surface area contributed by atoms with Crippen molar-refractivity contribution in [1.29, 1.82) is 0 Å². The third kappa shape index (κ3) is 5.95. The zero-order chi connectivity index (χ0) is 17.5. The molecule has 0 unspecified atom stereocenters. The van der Waals surface area contributed by atoms with E-state index in [1.165, 1.54) is 0 Å². The van der Waals surface area contributed by atoms with E-state index in [2.05, 4.69) is 15.6 Å². The minimum Gasteiger partial charge on any atom is -0.490 e. The molecule has 1 heterocycles. The predicted octanol–water partition coefficient (Wildman–Crippen LogP) is 3.98. The maximum Gasteiger partial charge on any atom is 0.191 e. The summed E-state index contributed by atoms with van der Waals surface area (Å²) >= 11 is 6.01. The van der Waals surface area contributed by atoms with E-state index in [0.29, 0.717) is 26.3 Å². The van der Waals surface area contributed by atoms with Crippen LogP contribution in [0.25, 0.3) is 0 Å². The SMILES string of the molecule is CN=C(NCc1cccc(Cl)c1)NCc1ccc2c(c1)OCCCO2.I. The summed E-state index contributed by atoms with van der Waals surface area (Å²) < 4.78 is 11.4. The van der Waals surface area contributed by atoms with Gasteiger partial charge in [0.25, 0.3) is 0 Å². The van der Waals surface area contributed by atoms with Crippen LogP contribution in [0, 0.1) is 0 Å². The maximum atomic E-state index is 6.01. The van der Waals surface area contributed by atoms with E-state index >= 15 is 0 Å². The maximum absolute atomic E-state index is 6.01. The van der Waals surface area contributed by atoms with Crippen molar-refractivity contribution in [2.24, 2.45) is 4.99 Å². The summed E-state index contributed by atoms with van der Waals surface area (Å²) in [4.78, 5) is 4.25. The number of guanidine groups is 1. The Balaban J connectivity index is 0.00000243. The molecule has 0 atom stereocenters. The molecular formula is C19H23ClIN3O2. The molecule has 2 aromatic carbocycles. The number of halogens is 2. The van der Waals surface area contributed by atoms with E-state index in [9.17, 15) is 0 Å². The third-order valence-electron chi connectivity index (χ3n) is 3.84. The van der Waals surface area contributed by atoms with Crippen molar-refractivity contribution in [1.82, 2.24) is 10.6 Å². The van der Waals surface area contributed by atoms with Gasteiger partial charge in [-0.3, -0.25) is 4.99 Å². The van der Waals surface area contributed by atoms with Crippen molar-refractivity contribution in [2.45, 2.75) is 19.5 Å². The van der Waals surface area contributed by atoms with Gasteiger partial charge in [-0.05, 0) is 35.4 Å². The highest BCUT2D eigenvalue weighted by Crippen LogP contribution is 2.30. The lowest BCUT2D eigenvalue weighted by Crippen LogP contribution is -2.36. The Morgan fingerprint density at radius 1 is 1.00 bits per heavy atom. The van der Waals surface area contributed by atoms with Crippen molar-refractivity contribution in [3.05, 3.63) is 58.6 Å². The van der Waals surface area contributed by atoms with Crippen LogP contribution in [0.15, 0.2) is 47.5 Å². The first-order valence-corrected chi connectivity index (χ1v) is 8.70. The molecular weight excluding hydrogens is 465 g/mol. The second-order valence-electron chi connectivity index (χ2n) is 5.74. The molecule has 1 aliphatic heterocycles. The number of nitrogens with zero attached hydrogens (tertiary/aromatic N) is 1. The van der Waals surface area contributed by atoms with Crippen LogP contribution in [0.5, 0.6) is 11.5 Å². The molecule has 0 amide bonds. The van der Waals surface area contributed by atoms with Crippen LogP contribution in [-0.2, 0) is 13.1 Å². The summed E-state index contributed by atoms with van der Waals surface area (Å²) in [5.41, 5.74) is 2.21. The topological polar surface area (TPSA) is 54.9 Å². The summed E-state index contributed by atoms with van der Waals surface area (Å²) in [7, 11) is 1.75. The standard InChI is InChI=1S/C19H22ClN3O2.HI/c1-21-19(22-12-14-4-2-5-16(20)10-14)23-13-15-6-7-17-18(11-15)25-9-3-8-24-17;/h2,4-7,10-11H,3,8-9,12-13H2,1H3,(H2,21,22,23);1H. The first-order valence-electron chi connectivity index (χ1n) is 8.32. The van der Waals surface area contributed by atoms with Crippen LogP contribution in [0.1, 0.15) is 17.5 Å². The number of fused-ring (bicyclic) bond motifs is 1. The molecule has 2 N–H and O–H groups in total. The van der Waals surface area contributed by atoms with Crippen molar-refractivity contribution in [2.75, 3.05) is 20.3 Å². The largest absolute Gasteiger partial charge is 0.490 e. The van der Waals surface area contributed by atoms with E-state index in [1.807, 2.05) is 42.5 Å². The molecule has 0 bridgehead atoms. The zero-order valence-electron chi connectivity index (χ0n) is 14.6. The lowest BCUT2D eigenvalue weighted by atomic mass is 10.2. The van der Waals surface area contributed by atoms with Gasteiger partial charge >= 0.3 is 0 Å². The predicted molar refractivity (Wildman–Crippen MR) is 116 cm³/mol. The highest BCUT2D eigenvalue weighted by Gasteiger charge is 2.10. The molecule has 26 heavy (non-hydrogen) atoms. The zero-order valence-corrected chi connectivity index (χ0v) is 17.7. The first kappa shape index (κ1) is 20.6. The average Bonchev–Trinajstić information content (AvgIpc) is 2.87. The van der Waals surface area contributed by atoms with Gasteiger partial charge in [-0.15, -0.1) is 24.0 Å². The van der Waals surface area contributed by atoms with E-state index in [0.717, 1.165) is 40.0 Å². The molecule has 0 aromatic heterocycles. The van der Waals surface area contributed by atoms with Gasteiger partial charge in [-0.2, -0.15) is 0 Å². The Morgan fingerprint density at radius 2 is 1.69 bits per heavy atom. The second kappa shape index (κ2) is 10.5. The molecule has 0 spiro atoms. The Morgan fingerprint density at radius 3 is 2.38 bits per heavy atom. The summed E-state index contributed by atoms with van der Waals surface area (Å²) in [6.07, 6.45) is 0.905. The summed E-state index contributed by atoms with van der Waals surface area (Å²) in [5.74, 6) is 2.34. The number of rotatable bonds is 4.